The van der Waals surface area contributed by atoms with Crippen LogP contribution in [0, 0.1) is 0 Å². The van der Waals surface area contributed by atoms with Crippen molar-refractivity contribution in [3.05, 3.63) is 45.1 Å². The van der Waals surface area contributed by atoms with E-state index in [-0.39, 0.29) is 0 Å². The Bertz CT molecular complexity index is 616. The Kier molecular flexibility index (Phi) is 4.52. The number of nitrogens with one attached hydrogen (secondary N) is 2. The highest BCUT2D eigenvalue weighted by Crippen LogP contribution is 2.33. The molecule has 1 heterocycles. The van der Waals surface area contributed by atoms with Crippen molar-refractivity contribution in [1.82, 2.24) is 10.6 Å². The van der Waals surface area contributed by atoms with Gasteiger partial charge in [-0.05, 0) is 36.8 Å². The largest absolute Gasteiger partial charge is 0.466 e. The minimum Gasteiger partial charge on any atom is -0.466 e. The van der Waals surface area contributed by atoms with Gasteiger partial charge in [-0.15, -0.1) is 0 Å². The van der Waals surface area contributed by atoms with Gasteiger partial charge in [0.1, 0.15) is 0 Å². The monoisotopic (exact) mass is 330 g/mol. The highest BCUT2D eigenvalue weighted by atomic mass is 35.5. The second kappa shape index (κ2) is 5.99. The third-order valence-electron chi connectivity index (χ3n) is 2.95. The number of methoxy groups -OCH3 is 1. The molecule has 1 aliphatic heterocycles. The van der Waals surface area contributed by atoms with Crippen molar-refractivity contribution in [2.24, 2.45) is 0 Å². The minimum atomic E-state index is -0.471. The Balaban J connectivity index is 2.54. The molecular weight excluding hydrogens is 319 g/mol. The average Bonchev–Trinajstić information content (AvgIpc) is 2.37. The van der Waals surface area contributed by atoms with E-state index in [4.69, 9.17) is 40.2 Å². The molecule has 0 saturated carbocycles. The predicted molar refractivity (Wildman–Crippen MR) is 82.8 cm³/mol. The van der Waals surface area contributed by atoms with Gasteiger partial charge in [-0.1, -0.05) is 29.3 Å². The highest BCUT2D eigenvalue weighted by Gasteiger charge is 2.31. The van der Waals surface area contributed by atoms with Gasteiger partial charge in [0.2, 0.25) is 0 Å². The Morgan fingerprint density at radius 2 is 2.10 bits per heavy atom. The summed E-state index contributed by atoms with van der Waals surface area (Å²) < 4.78 is 4.82. The van der Waals surface area contributed by atoms with Crippen LogP contribution in [-0.4, -0.2) is 18.2 Å². The van der Waals surface area contributed by atoms with Crippen molar-refractivity contribution in [2.75, 3.05) is 7.11 Å². The number of hydrogen-bond donors (Lipinski definition) is 2. The number of ether oxygens (including phenoxy) is 1. The van der Waals surface area contributed by atoms with Crippen molar-refractivity contribution >= 4 is 46.5 Å². The fraction of sp³-hybridized carbons (Fsp3) is 0.231. The predicted octanol–water partition coefficient (Wildman–Crippen LogP) is 2.96. The number of benzene rings is 1. The molecule has 0 aliphatic carbocycles. The van der Waals surface area contributed by atoms with Gasteiger partial charge >= 0.3 is 5.97 Å². The maximum Gasteiger partial charge on any atom is 0.337 e. The van der Waals surface area contributed by atoms with Gasteiger partial charge in [-0.25, -0.2) is 4.79 Å². The molecule has 0 amide bonds. The molecule has 1 atom stereocenters. The molecule has 1 aliphatic rings. The zero-order chi connectivity index (χ0) is 14.9. The van der Waals surface area contributed by atoms with Gasteiger partial charge in [0, 0.05) is 15.7 Å². The number of carbonyl (C=O) groups excluding carboxylic acids is 1. The van der Waals surface area contributed by atoms with Crippen molar-refractivity contribution in [3.63, 3.8) is 0 Å². The molecule has 0 bridgehead atoms. The lowest BCUT2D eigenvalue weighted by molar-refractivity contribution is -0.136. The third-order valence-corrected chi connectivity index (χ3v) is 3.73. The summed E-state index contributed by atoms with van der Waals surface area (Å²) in [7, 11) is 1.33. The molecule has 0 fully saturated rings. The molecule has 2 rings (SSSR count). The lowest BCUT2D eigenvalue weighted by Crippen LogP contribution is -2.45. The lowest BCUT2D eigenvalue weighted by atomic mass is 9.95. The van der Waals surface area contributed by atoms with Crippen LogP contribution in [0.15, 0.2) is 29.5 Å². The molecule has 0 spiro atoms. The summed E-state index contributed by atoms with van der Waals surface area (Å²) >= 11 is 17.2. The molecule has 0 unspecified atom stereocenters. The quantitative estimate of drug-likeness (QED) is 0.645. The van der Waals surface area contributed by atoms with Gasteiger partial charge in [-0.2, -0.15) is 0 Å². The van der Waals surface area contributed by atoms with E-state index < -0.39 is 12.0 Å². The summed E-state index contributed by atoms with van der Waals surface area (Å²) in [6.07, 6.45) is 0. The molecule has 7 heteroatoms. The van der Waals surface area contributed by atoms with E-state index >= 15 is 0 Å². The number of thiocarbonyl (C=S) groups is 1. The molecule has 1 aromatic rings. The van der Waals surface area contributed by atoms with E-state index in [0.29, 0.717) is 32.0 Å². The molecule has 0 radical (unpaired) electrons. The molecule has 4 nitrogen and oxygen atoms in total. The fourth-order valence-electron chi connectivity index (χ4n) is 2.04. The normalized spacial score (nSPS) is 18.4. The van der Waals surface area contributed by atoms with Gasteiger partial charge in [0.15, 0.2) is 5.11 Å². The van der Waals surface area contributed by atoms with Gasteiger partial charge in [-0.3, -0.25) is 0 Å². The first kappa shape index (κ1) is 15.1. The van der Waals surface area contributed by atoms with Crippen LogP contribution in [0.25, 0.3) is 0 Å². The molecule has 0 saturated heterocycles. The van der Waals surface area contributed by atoms with E-state index in [9.17, 15) is 4.79 Å². The SMILES string of the molecule is COC(=O)C1=C(C)NC(=S)N[C@H]1c1ccc(Cl)cc1Cl. The van der Waals surface area contributed by atoms with Crippen LogP contribution in [0.5, 0.6) is 0 Å². The van der Waals surface area contributed by atoms with E-state index in [1.165, 1.54) is 7.11 Å². The number of allylic oxidation sites excluding steroid dienone is 1. The molecule has 1 aromatic carbocycles. The van der Waals surface area contributed by atoms with Crippen LogP contribution in [0.3, 0.4) is 0 Å². The zero-order valence-electron chi connectivity index (χ0n) is 10.8. The molecule has 106 valence electrons. The van der Waals surface area contributed by atoms with Gasteiger partial charge < -0.3 is 15.4 Å². The first-order chi connectivity index (χ1) is 9.43. The summed E-state index contributed by atoms with van der Waals surface area (Å²) in [5, 5.41) is 7.33. The highest BCUT2D eigenvalue weighted by molar-refractivity contribution is 7.80. The smallest absolute Gasteiger partial charge is 0.337 e. The lowest BCUT2D eigenvalue weighted by Gasteiger charge is -2.30. The third kappa shape index (κ3) is 2.90. The van der Waals surface area contributed by atoms with Crippen molar-refractivity contribution < 1.29 is 9.53 Å². The van der Waals surface area contributed by atoms with Gasteiger partial charge in [0.25, 0.3) is 0 Å². The number of carbonyl (C=O) groups is 1. The Morgan fingerprint density at radius 1 is 1.40 bits per heavy atom. The number of rotatable bonds is 2. The van der Waals surface area contributed by atoms with Crippen LogP contribution < -0.4 is 10.6 Å². The van der Waals surface area contributed by atoms with Crippen LogP contribution in [0.4, 0.5) is 0 Å². The maximum absolute atomic E-state index is 12.0. The van der Waals surface area contributed by atoms with Crippen molar-refractivity contribution in [3.8, 4) is 0 Å². The first-order valence-electron chi connectivity index (χ1n) is 5.75. The van der Waals surface area contributed by atoms with Crippen LogP contribution >= 0.6 is 35.4 Å². The number of halogens is 2. The summed E-state index contributed by atoms with van der Waals surface area (Å²) in [6.45, 7) is 1.76. The van der Waals surface area contributed by atoms with Crippen LogP contribution in [0.1, 0.15) is 18.5 Å². The van der Waals surface area contributed by atoms with E-state index in [0.717, 1.165) is 0 Å². The van der Waals surface area contributed by atoms with E-state index in [1.54, 1.807) is 25.1 Å². The van der Waals surface area contributed by atoms with Gasteiger partial charge in [0.05, 0.1) is 18.7 Å². The summed E-state index contributed by atoms with van der Waals surface area (Å²) in [6, 6.07) is 4.61. The average molecular weight is 331 g/mol. The molecular formula is C13H12Cl2N2O2S. The number of esters is 1. The van der Waals surface area contributed by atoms with Crippen LogP contribution in [0.2, 0.25) is 10.0 Å². The zero-order valence-corrected chi connectivity index (χ0v) is 13.1. The van der Waals surface area contributed by atoms with Crippen molar-refractivity contribution in [1.29, 1.82) is 0 Å². The van der Waals surface area contributed by atoms with Crippen molar-refractivity contribution in [2.45, 2.75) is 13.0 Å². The van der Waals surface area contributed by atoms with E-state index in [1.807, 2.05) is 0 Å². The van der Waals surface area contributed by atoms with Crippen LogP contribution in [-0.2, 0) is 9.53 Å². The second-order valence-corrected chi connectivity index (χ2v) is 5.48. The molecule has 20 heavy (non-hydrogen) atoms. The number of hydrogen-bond acceptors (Lipinski definition) is 3. The Morgan fingerprint density at radius 3 is 2.70 bits per heavy atom. The molecule has 0 aromatic heterocycles. The summed E-state index contributed by atoms with van der Waals surface area (Å²) in [4.78, 5) is 12.0. The summed E-state index contributed by atoms with van der Waals surface area (Å²) in [5.41, 5.74) is 1.78. The minimum absolute atomic E-state index is 0.422. The van der Waals surface area contributed by atoms with E-state index in [2.05, 4.69) is 10.6 Å². The standard InChI is InChI=1S/C13H12Cl2N2O2S/c1-6-10(12(18)19-2)11(17-13(20)16-6)8-4-3-7(14)5-9(8)15/h3-5,11H,1-2H3,(H2,16,17,20)/t11-/m0/s1. The first-order valence-corrected chi connectivity index (χ1v) is 6.92. The second-order valence-electron chi connectivity index (χ2n) is 4.23. The Hall–Kier alpha value is -1.30. The topological polar surface area (TPSA) is 50.4 Å². The Labute approximate surface area is 132 Å². The summed E-state index contributed by atoms with van der Waals surface area (Å²) in [5.74, 6) is -0.444. The fourth-order valence-corrected chi connectivity index (χ4v) is 2.83. The maximum atomic E-state index is 12.0. The molecule has 2 N–H and O–H groups in total.